The van der Waals surface area contributed by atoms with E-state index < -0.39 is 0 Å². The standard InChI is InChI=1S/C28H20N2O/c1-28(2)18-9-5-4-7-15(18)26-24(28)17-11-12-20-23-22-16(8-6-10-19(22)29(20)3)27-21(13-14-31-27)30(26)25(17)23/h4-14H,1-3H3. The van der Waals surface area contributed by atoms with Crippen molar-refractivity contribution in [1.82, 2.24) is 8.97 Å². The summed E-state index contributed by atoms with van der Waals surface area (Å²) in [6, 6.07) is 22.2. The van der Waals surface area contributed by atoms with Gasteiger partial charge in [-0.3, -0.25) is 0 Å². The second-order valence-corrected chi connectivity index (χ2v) is 9.48. The van der Waals surface area contributed by atoms with Crippen molar-refractivity contribution in [1.29, 1.82) is 0 Å². The highest BCUT2D eigenvalue weighted by Gasteiger charge is 2.40. The summed E-state index contributed by atoms with van der Waals surface area (Å²) >= 11 is 0. The molecule has 1 aliphatic rings. The van der Waals surface area contributed by atoms with Crippen molar-refractivity contribution < 1.29 is 4.42 Å². The Labute approximate surface area is 178 Å². The van der Waals surface area contributed by atoms with Gasteiger partial charge in [-0.2, -0.15) is 0 Å². The first-order valence-electron chi connectivity index (χ1n) is 10.9. The summed E-state index contributed by atoms with van der Waals surface area (Å²) < 4.78 is 11.0. The van der Waals surface area contributed by atoms with Gasteiger partial charge in [0.25, 0.3) is 0 Å². The molecule has 4 heterocycles. The van der Waals surface area contributed by atoms with Crippen LogP contribution >= 0.6 is 0 Å². The van der Waals surface area contributed by atoms with Crippen LogP contribution in [0.25, 0.3) is 60.5 Å². The van der Waals surface area contributed by atoms with Crippen LogP contribution in [0.4, 0.5) is 0 Å². The van der Waals surface area contributed by atoms with Crippen molar-refractivity contribution in [2.75, 3.05) is 0 Å². The summed E-state index contributed by atoms with van der Waals surface area (Å²) in [4.78, 5) is 0. The molecule has 0 unspecified atom stereocenters. The fourth-order valence-corrected chi connectivity index (χ4v) is 6.47. The third kappa shape index (κ3) is 1.54. The lowest BCUT2D eigenvalue weighted by Gasteiger charge is -2.21. The van der Waals surface area contributed by atoms with Crippen LogP contribution in [-0.4, -0.2) is 8.97 Å². The Morgan fingerprint density at radius 1 is 0.774 bits per heavy atom. The van der Waals surface area contributed by atoms with Gasteiger partial charge < -0.3 is 13.4 Å². The Balaban J connectivity index is 1.84. The summed E-state index contributed by atoms with van der Waals surface area (Å²) in [7, 11) is 2.17. The number of aromatic nitrogens is 2. The maximum Gasteiger partial charge on any atom is 0.158 e. The van der Waals surface area contributed by atoms with E-state index in [0.29, 0.717) is 0 Å². The number of fused-ring (bicyclic) bond motifs is 8. The van der Waals surface area contributed by atoms with E-state index in [2.05, 4.69) is 90.5 Å². The molecule has 8 rings (SSSR count). The molecule has 3 aromatic carbocycles. The first-order chi connectivity index (χ1) is 15.1. The molecule has 0 radical (unpaired) electrons. The number of hydrogen-bond donors (Lipinski definition) is 0. The lowest BCUT2D eigenvalue weighted by Crippen LogP contribution is -2.14. The average molecular weight is 400 g/mol. The highest BCUT2D eigenvalue weighted by Crippen LogP contribution is 2.55. The van der Waals surface area contributed by atoms with Crippen molar-refractivity contribution in [3.8, 4) is 11.3 Å². The van der Waals surface area contributed by atoms with Gasteiger partial charge in [-0.25, -0.2) is 0 Å². The Hall–Kier alpha value is -3.72. The Morgan fingerprint density at radius 3 is 2.52 bits per heavy atom. The molecule has 0 fully saturated rings. The molecular weight excluding hydrogens is 380 g/mol. The largest absolute Gasteiger partial charge is 0.462 e. The topological polar surface area (TPSA) is 22.5 Å². The Morgan fingerprint density at radius 2 is 1.61 bits per heavy atom. The van der Waals surface area contributed by atoms with Gasteiger partial charge in [-0.15, -0.1) is 0 Å². The van der Waals surface area contributed by atoms with E-state index in [1.807, 2.05) is 6.26 Å². The molecule has 0 bridgehead atoms. The maximum atomic E-state index is 6.17. The molecule has 0 aliphatic heterocycles. The van der Waals surface area contributed by atoms with Gasteiger partial charge in [0, 0.05) is 51.2 Å². The Kier molecular flexibility index (Phi) is 2.47. The van der Waals surface area contributed by atoms with E-state index in [0.717, 1.165) is 11.1 Å². The number of nitrogens with zero attached hydrogens (tertiary/aromatic N) is 2. The van der Waals surface area contributed by atoms with Crippen LogP contribution in [0.2, 0.25) is 0 Å². The molecule has 1 aliphatic carbocycles. The summed E-state index contributed by atoms with van der Waals surface area (Å²) in [6.07, 6.45) is 1.84. The number of aryl methyl sites for hydroxylation is 1. The SMILES string of the molecule is Cn1c2cccc3c4occc4n4c5c(c6ccc1c(c32)c64)C(C)(C)c1ccccc1-5. The van der Waals surface area contributed by atoms with E-state index >= 15 is 0 Å². The highest BCUT2D eigenvalue weighted by molar-refractivity contribution is 6.30. The summed E-state index contributed by atoms with van der Waals surface area (Å²) in [5.41, 5.74) is 11.3. The van der Waals surface area contributed by atoms with E-state index in [4.69, 9.17) is 4.42 Å². The van der Waals surface area contributed by atoms with Gasteiger partial charge in [0.1, 0.15) is 0 Å². The lowest BCUT2D eigenvalue weighted by molar-refractivity contribution is 0.619. The molecule has 3 nitrogen and oxygen atoms in total. The summed E-state index contributed by atoms with van der Waals surface area (Å²) in [5.74, 6) is 0. The fourth-order valence-electron chi connectivity index (χ4n) is 6.47. The minimum absolute atomic E-state index is 0.0559. The third-order valence-electron chi connectivity index (χ3n) is 7.73. The van der Waals surface area contributed by atoms with Crippen LogP contribution in [0, 0.1) is 0 Å². The van der Waals surface area contributed by atoms with Crippen molar-refractivity contribution in [3.63, 3.8) is 0 Å². The third-order valence-corrected chi connectivity index (χ3v) is 7.73. The van der Waals surface area contributed by atoms with Crippen LogP contribution in [0.5, 0.6) is 0 Å². The average Bonchev–Trinajstić information content (AvgIpc) is 3.48. The number of furan rings is 1. The van der Waals surface area contributed by atoms with E-state index in [1.54, 1.807) is 0 Å². The van der Waals surface area contributed by atoms with Crippen molar-refractivity contribution in [2.45, 2.75) is 19.3 Å². The van der Waals surface area contributed by atoms with E-state index in [9.17, 15) is 0 Å². The summed E-state index contributed by atoms with van der Waals surface area (Å²) in [5, 5.41) is 5.15. The van der Waals surface area contributed by atoms with Crippen LogP contribution in [0.15, 0.2) is 71.3 Å². The molecule has 7 aromatic rings. The second kappa shape index (κ2) is 4.78. The molecule has 4 aromatic heterocycles. The summed E-state index contributed by atoms with van der Waals surface area (Å²) in [6.45, 7) is 4.73. The van der Waals surface area contributed by atoms with Crippen LogP contribution in [0.3, 0.4) is 0 Å². The molecule has 0 N–H and O–H groups in total. The smallest absolute Gasteiger partial charge is 0.158 e. The maximum absolute atomic E-state index is 6.17. The van der Waals surface area contributed by atoms with Crippen molar-refractivity contribution in [3.05, 3.63) is 78.1 Å². The molecule has 0 saturated carbocycles. The zero-order valence-corrected chi connectivity index (χ0v) is 17.7. The van der Waals surface area contributed by atoms with Crippen LogP contribution in [-0.2, 0) is 12.5 Å². The predicted octanol–water partition coefficient (Wildman–Crippen LogP) is 7.23. The van der Waals surface area contributed by atoms with Gasteiger partial charge >= 0.3 is 0 Å². The van der Waals surface area contributed by atoms with E-state index in [1.165, 1.54) is 60.5 Å². The van der Waals surface area contributed by atoms with Crippen molar-refractivity contribution >= 4 is 49.2 Å². The van der Waals surface area contributed by atoms with Crippen LogP contribution < -0.4 is 0 Å². The van der Waals surface area contributed by atoms with Gasteiger partial charge in [0.2, 0.25) is 0 Å². The Bertz CT molecular complexity index is 1870. The molecule has 3 heteroatoms. The minimum Gasteiger partial charge on any atom is -0.462 e. The monoisotopic (exact) mass is 400 g/mol. The van der Waals surface area contributed by atoms with Gasteiger partial charge in [-0.1, -0.05) is 56.3 Å². The lowest BCUT2D eigenvalue weighted by atomic mass is 9.81. The predicted molar refractivity (Wildman–Crippen MR) is 127 cm³/mol. The molecule has 31 heavy (non-hydrogen) atoms. The van der Waals surface area contributed by atoms with Crippen molar-refractivity contribution in [2.24, 2.45) is 7.05 Å². The first kappa shape index (κ1) is 16.0. The number of hydrogen-bond acceptors (Lipinski definition) is 1. The quantitative estimate of drug-likeness (QED) is 0.263. The van der Waals surface area contributed by atoms with Gasteiger partial charge in [0.15, 0.2) is 5.58 Å². The zero-order valence-electron chi connectivity index (χ0n) is 17.7. The molecule has 0 spiro atoms. The molecular formula is C28H20N2O. The fraction of sp³-hybridized carbons (Fsp3) is 0.143. The second-order valence-electron chi connectivity index (χ2n) is 9.48. The highest BCUT2D eigenvalue weighted by atomic mass is 16.3. The minimum atomic E-state index is -0.0559. The molecule has 0 saturated heterocycles. The molecule has 0 atom stereocenters. The normalized spacial score (nSPS) is 15.2. The number of rotatable bonds is 0. The van der Waals surface area contributed by atoms with Crippen LogP contribution in [0.1, 0.15) is 25.0 Å². The molecule has 148 valence electrons. The number of benzene rings is 3. The first-order valence-corrected chi connectivity index (χ1v) is 10.9. The van der Waals surface area contributed by atoms with Gasteiger partial charge in [-0.05, 0) is 23.3 Å². The molecule has 0 amide bonds. The zero-order chi connectivity index (χ0) is 20.6. The van der Waals surface area contributed by atoms with E-state index in [-0.39, 0.29) is 5.41 Å². The van der Waals surface area contributed by atoms with Gasteiger partial charge in [0.05, 0.1) is 28.5 Å².